The third-order valence-corrected chi connectivity index (χ3v) is 6.72. The van der Waals surface area contributed by atoms with Crippen molar-refractivity contribution in [2.24, 2.45) is 0 Å². The summed E-state index contributed by atoms with van der Waals surface area (Å²) < 4.78 is 11.1. The molecule has 6 nitrogen and oxygen atoms in total. The van der Waals surface area contributed by atoms with Gasteiger partial charge in [-0.3, -0.25) is 0 Å². The standard InChI is InChI=1S/C20H24N4O2S/c1-23(12-14-4-3-9-26-14)19-18-15-5-2-6-16(15)27-20(18)22-17(21-19)13-24-7-10-25-11-8-24/h3-4,9H,2,5-8,10-13H2,1H3/p+1. The highest BCUT2D eigenvalue weighted by atomic mass is 32.1. The highest BCUT2D eigenvalue weighted by Gasteiger charge is 2.25. The lowest BCUT2D eigenvalue weighted by Crippen LogP contribution is -3.12. The fourth-order valence-electron chi connectivity index (χ4n) is 4.15. The highest BCUT2D eigenvalue weighted by molar-refractivity contribution is 7.19. The number of hydrogen-bond acceptors (Lipinski definition) is 6. The Hall–Kier alpha value is -1.96. The molecule has 0 aromatic carbocycles. The molecule has 0 amide bonds. The molecule has 0 spiro atoms. The molecule has 0 bridgehead atoms. The Morgan fingerprint density at radius 3 is 2.93 bits per heavy atom. The molecule has 0 unspecified atom stereocenters. The Kier molecular flexibility index (Phi) is 4.59. The summed E-state index contributed by atoms with van der Waals surface area (Å²) in [5, 5.41) is 1.27. The molecule has 1 saturated heterocycles. The van der Waals surface area contributed by atoms with Crippen LogP contribution in [0, 0.1) is 0 Å². The molecule has 0 saturated carbocycles. The van der Waals surface area contributed by atoms with E-state index in [4.69, 9.17) is 19.1 Å². The van der Waals surface area contributed by atoms with Crippen molar-refractivity contribution in [2.45, 2.75) is 32.4 Å². The third-order valence-electron chi connectivity index (χ3n) is 5.53. The summed E-state index contributed by atoms with van der Waals surface area (Å²) in [6, 6.07) is 3.96. The van der Waals surface area contributed by atoms with Gasteiger partial charge in [0.1, 0.15) is 36.0 Å². The number of quaternary nitrogens is 1. The largest absolute Gasteiger partial charge is 0.467 e. The van der Waals surface area contributed by atoms with Crippen LogP contribution < -0.4 is 9.80 Å². The summed E-state index contributed by atoms with van der Waals surface area (Å²) in [4.78, 5) is 16.4. The van der Waals surface area contributed by atoms with Crippen molar-refractivity contribution in [3.8, 4) is 0 Å². The highest BCUT2D eigenvalue weighted by Crippen LogP contribution is 2.40. The van der Waals surface area contributed by atoms with E-state index in [1.165, 1.54) is 33.6 Å². The summed E-state index contributed by atoms with van der Waals surface area (Å²) in [7, 11) is 2.11. The van der Waals surface area contributed by atoms with E-state index in [1.807, 2.05) is 23.5 Å². The molecule has 1 fully saturated rings. The Morgan fingerprint density at radius 1 is 1.22 bits per heavy atom. The first-order chi connectivity index (χ1) is 13.3. The second-order valence-corrected chi connectivity index (χ2v) is 8.56. The number of furan rings is 1. The number of fused-ring (bicyclic) bond motifs is 3. The summed E-state index contributed by atoms with van der Waals surface area (Å²) in [6.07, 6.45) is 5.31. The maximum absolute atomic E-state index is 5.56. The Labute approximate surface area is 162 Å². The molecule has 7 heteroatoms. The second kappa shape index (κ2) is 7.22. The number of thiophene rings is 1. The number of hydrogen-bond donors (Lipinski definition) is 1. The number of ether oxygens (including phenoxy) is 1. The van der Waals surface area contributed by atoms with Gasteiger partial charge in [-0.2, -0.15) is 0 Å². The van der Waals surface area contributed by atoms with Crippen molar-refractivity contribution < 1.29 is 14.1 Å². The predicted octanol–water partition coefficient (Wildman–Crippen LogP) is 1.82. The van der Waals surface area contributed by atoms with E-state index in [9.17, 15) is 0 Å². The zero-order valence-electron chi connectivity index (χ0n) is 15.7. The predicted molar refractivity (Wildman–Crippen MR) is 105 cm³/mol. The SMILES string of the molecule is CN(Cc1ccco1)c1nc(C[NH+]2CCOCC2)nc2sc3c(c12)CCC3. The lowest BCUT2D eigenvalue weighted by atomic mass is 10.2. The van der Waals surface area contributed by atoms with E-state index in [-0.39, 0.29) is 0 Å². The number of aromatic nitrogens is 2. The molecule has 3 aromatic rings. The van der Waals surface area contributed by atoms with E-state index in [0.717, 1.165) is 61.5 Å². The van der Waals surface area contributed by atoms with Crippen LogP contribution in [0.15, 0.2) is 22.8 Å². The monoisotopic (exact) mass is 385 g/mol. The minimum Gasteiger partial charge on any atom is -0.467 e. The van der Waals surface area contributed by atoms with Crippen molar-refractivity contribution >= 4 is 27.4 Å². The van der Waals surface area contributed by atoms with Crippen LogP contribution in [0.25, 0.3) is 10.2 Å². The Balaban J connectivity index is 1.53. The second-order valence-electron chi connectivity index (χ2n) is 7.48. The molecule has 142 valence electrons. The molecule has 5 rings (SSSR count). The van der Waals surface area contributed by atoms with Gasteiger partial charge in [-0.15, -0.1) is 11.3 Å². The van der Waals surface area contributed by atoms with Crippen LogP contribution in [0.2, 0.25) is 0 Å². The molecular formula is C20H25N4O2S+. The molecule has 2 aliphatic rings. The van der Waals surface area contributed by atoms with Gasteiger partial charge in [-0.25, -0.2) is 9.97 Å². The van der Waals surface area contributed by atoms with Gasteiger partial charge in [0, 0.05) is 11.9 Å². The van der Waals surface area contributed by atoms with Crippen LogP contribution >= 0.6 is 11.3 Å². The molecule has 1 aliphatic heterocycles. The zero-order valence-corrected chi connectivity index (χ0v) is 16.5. The lowest BCUT2D eigenvalue weighted by molar-refractivity contribution is -0.922. The van der Waals surface area contributed by atoms with E-state index in [0.29, 0.717) is 6.54 Å². The van der Waals surface area contributed by atoms with Crippen molar-refractivity contribution in [2.75, 3.05) is 38.3 Å². The maximum Gasteiger partial charge on any atom is 0.187 e. The van der Waals surface area contributed by atoms with Crippen LogP contribution in [-0.2, 0) is 30.7 Å². The maximum atomic E-state index is 5.56. The van der Waals surface area contributed by atoms with Crippen molar-refractivity contribution in [3.63, 3.8) is 0 Å². The summed E-state index contributed by atoms with van der Waals surface area (Å²) in [5.41, 5.74) is 1.47. The minimum atomic E-state index is 0.716. The first-order valence-corrected chi connectivity index (χ1v) is 10.6. The number of nitrogens with zero attached hydrogens (tertiary/aromatic N) is 3. The van der Waals surface area contributed by atoms with Gasteiger partial charge in [0.15, 0.2) is 5.82 Å². The molecule has 4 heterocycles. The average Bonchev–Trinajstić information content (AvgIpc) is 3.39. The molecule has 1 aliphatic carbocycles. The van der Waals surface area contributed by atoms with E-state index in [1.54, 1.807) is 6.26 Å². The number of rotatable bonds is 5. The zero-order chi connectivity index (χ0) is 18.2. The van der Waals surface area contributed by atoms with Crippen LogP contribution in [0.5, 0.6) is 0 Å². The molecule has 0 atom stereocenters. The van der Waals surface area contributed by atoms with Crippen LogP contribution in [-0.4, -0.2) is 43.3 Å². The fraction of sp³-hybridized carbons (Fsp3) is 0.500. The molecule has 0 radical (unpaired) electrons. The topological polar surface area (TPSA) is 55.8 Å². The number of nitrogens with one attached hydrogen (secondary N) is 1. The first-order valence-electron chi connectivity index (χ1n) is 9.74. The van der Waals surface area contributed by atoms with Gasteiger partial charge in [0.25, 0.3) is 0 Å². The van der Waals surface area contributed by atoms with Crippen LogP contribution in [0.1, 0.15) is 28.4 Å². The van der Waals surface area contributed by atoms with Crippen LogP contribution in [0.4, 0.5) is 5.82 Å². The quantitative estimate of drug-likeness (QED) is 0.726. The van der Waals surface area contributed by atoms with Gasteiger partial charge >= 0.3 is 0 Å². The smallest absolute Gasteiger partial charge is 0.187 e. The Morgan fingerprint density at radius 2 is 2.11 bits per heavy atom. The lowest BCUT2D eigenvalue weighted by Gasteiger charge is -2.24. The van der Waals surface area contributed by atoms with Gasteiger partial charge in [-0.1, -0.05) is 0 Å². The molecule has 3 aromatic heterocycles. The fourth-order valence-corrected chi connectivity index (χ4v) is 5.42. The third kappa shape index (κ3) is 3.35. The molecule has 1 N–H and O–H groups in total. The van der Waals surface area contributed by atoms with E-state index in [2.05, 4.69) is 11.9 Å². The minimum absolute atomic E-state index is 0.716. The number of aryl methyl sites for hydroxylation is 2. The first kappa shape index (κ1) is 17.2. The number of anilines is 1. The van der Waals surface area contributed by atoms with E-state index >= 15 is 0 Å². The van der Waals surface area contributed by atoms with Crippen molar-refractivity contribution in [3.05, 3.63) is 40.4 Å². The summed E-state index contributed by atoms with van der Waals surface area (Å²) in [6.45, 7) is 5.29. The molecular weight excluding hydrogens is 360 g/mol. The summed E-state index contributed by atoms with van der Waals surface area (Å²) in [5.74, 6) is 2.95. The van der Waals surface area contributed by atoms with Gasteiger partial charge in [0.05, 0.1) is 31.4 Å². The van der Waals surface area contributed by atoms with Crippen molar-refractivity contribution in [1.82, 2.24) is 9.97 Å². The number of morpholine rings is 1. The Bertz CT molecular complexity index is 931. The van der Waals surface area contributed by atoms with E-state index < -0.39 is 0 Å². The van der Waals surface area contributed by atoms with Crippen molar-refractivity contribution in [1.29, 1.82) is 0 Å². The normalized spacial score (nSPS) is 17.5. The molecule has 27 heavy (non-hydrogen) atoms. The average molecular weight is 386 g/mol. The van der Waals surface area contributed by atoms with Gasteiger partial charge < -0.3 is 19.0 Å². The van der Waals surface area contributed by atoms with Gasteiger partial charge in [-0.05, 0) is 37.0 Å². The van der Waals surface area contributed by atoms with Crippen LogP contribution in [0.3, 0.4) is 0 Å². The summed E-state index contributed by atoms with van der Waals surface area (Å²) >= 11 is 1.87. The van der Waals surface area contributed by atoms with Gasteiger partial charge in [0.2, 0.25) is 0 Å².